The largest absolute Gasteiger partial charge is 0.487 e. The van der Waals surface area contributed by atoms with Crippen LogP contribution in [0.15, 0.2) is 58.0 Å². The van der Waals surface area contributed by atoms with E-state index < -0.39 is 0 Å². The summed E-state index contributed by atoms with van der Waals surface area (Å²) in [5.41, 5.74) is 2.95. The summed E-state index contributed by atoms with van der Waals surface area (Å²) in [6.07, 6.45) is 1.73. The van der Waals surface area contributed by atoms with Crippen LogP contribution in [-0.4, -0.2) is 19.5 Å². The zero-order valence-corrected chi connectivity index (χ0v) is 14.3. The monoisotopic (exact) mass is 348 g/mol. The van der Waals surface area contributed by atoms with Gasteiger partial charge >= 0.3 is 0 Å². The van der Waals surface area contributed by atoms with Crippen molar-refractivity contribution < 1.29 is 9.26 Å². The molecule has 4 rings (SSSR count). The lowest BCUT2D eigenvalue weighted by molar-refractivity contribution is 0.301. The summed E-state index contributed by atoms with van der Waals surface area (Å²) in [7, 11) is 0. The highest BCUT2D eigenvalue weighted by molar-refractivity contribution is 5.55. The SMILES string of the molecule is Cc1ccn2c(=O)cc(COc3ccc(-c4noc(C)n4)cc3)nc2c1. The first-order valence-corrected chi connectivity index (χ1v) is 8.11. The Morgan fingerprint density at radius 1 is 1.08 bits per heavy atom. The molecule has 3 aromatic heterocycles. The van der Waals surface area contributed by atoms with E-state index in [9.17, 15) is 4.79 Å². The molecule has 3 heterocycles. The number of benzene rings is 1. The Balaban J connectivity index is 1.52. The molecule has 0 aliphatic heterocycles. The van der Waals surface area contributed by atoms with Crippen molar-refractivity contribution in [2.75, 3.05) is 0 Å². The Morgan fingerprint density at radius 2 is 1.88 bits per heavy atom. The summed E-state index contributed by atoms with van der Waals surface area (Å²) in [6, 6.07) is 12.6. The zero-order chi connectivity index (χ0) is 18.1. The van der Waals surface area contributed by atoms with E-state index in [4.69, 9.17) is 9.26 Å². The number of rotatable bonds is 4. The quantitative estimate of drug-likeness (QED) is 0.564. The van der Waals surface area contributed by atoms with Gasteiger partial charge in [0, 0.05) is 24.8 Å². The van der Waals surface area contributed by atoms with Crippen molar-refractivity contribution in [3.63, 3.8) is 0 Å². The van der Waals surface area contributed by atoms with Gasteiger partial charge in [-0.25, -0.2) is 4.98 Å². The van der Waals surface area contributed by atoms with Gasteiger partial charge in [-0.2, -0.15) is 4.98 Å². The molecule has 0 unspecified atom stereocenters. The molecule has 0 spiro atoms. The number of hydrogen-bond acceptors (Lipinski definition) is 6. The Bertz CT molecular complexity index is 1130. The first kappa shape index (κ1) is 16.0. The third-order valence-corrected chi connectivity index (χ3v) is 3.90. The number of pyridine rings is 1. The van der Waals surface area contributed by atoms with Crippen LogP contribution in [0.4, 0.5) is 0 Å². The number of fused-ring (bicyclic) bond motifs is 1. The van der Waals surface area contributed by atoms with Crippen LogP contribution in [-0.2, 0) is 6.61 Å². The Morgan fingerprint density at radius 3 is 2.62 bits per heavy atom. The second-order valence-electron chi connectivity index (χ2n) is 5.97. The Kier molecular flexibility index (Phi) is 3.96. The molecule has 130 valence electrons. The van der Waals surface area contributed by atoms with Gasteiger partial charge < -0.3 is 9.26 Å². The van der Waals surface area contributed by atoms with E-state index in [0.717, 1.165) is 11.1 Å². The standard InChI is InChI=1S/C19H16N4O3/c1-12-7-8-23-17(9-12)21-15(10-18(23)24)11-25-16-5-3-14(4-6-16)19-20-13(2)26-22-19/h3-10H,11H2,1-2H3. The van der Waals surface area contributed by atoms with Gasteiger partial charge in [-0.05, 0) is 48.9 Å². The van der Waals surface area contributed by atoms with Gasteiger partial charge in [0.2, 0.25) is 11.7 Å². The van der Waals surface area contributed by atoms with E-state index in [-0.39, 0.29) is 12.2 Å². The molecule has 0 saturated heterocycles. The van der Waals surface area contributed by atoms with Gasteiger partial charge in [0.25, 0.3) is 5.56 Å². The van der Waals surface area contributed by atoms with E-state index in [1.165, 1.54) is 10.5 Å². The van der Waals surface area contributed by atoms with E-state index in [1.54, 1.807) is 13.1 Å². The van der Waals surface area contributed by atoms with Crippen molar-refractivity contribution >= 4 is 5.65 Å². The molecule has 0 aliphatic rings. The van der Waals surface area contributed by atoms with Crippen molar-refractivity contribution in [1.29, 1.82) is 0 Å². The van der Waals surface area contributed by atoms with Crippen LogP contribution in [0.1, 0.15) is 17.1 Å². The predicted molar refractivity (Wildman–Crippen MR) is 95.0 cm³/mol. The van der Waals surface area contributed by atoms with Crippen LogP contribution in [0.3, 0.4) is 0 Å². The lowest BCUT2D eigenvalue weighted by atomic mass is 10.2. The van der Waals surface area contributed by atoms with Gasteiger partial charge in [0.15, 0.2) is 0 Å². The predicted octanol–water partition coefficient (Wildman–Crippen LogP) is 2.94. The second kappa shape index (κ2) is 6.44. The van der Waals surface area contributed by atoms with E-state index in [2.05, 4.69) is 15.1 Å². The highest BCUT2D eigenvalue weighted by Crippen LogP contribution is 2.20. The van der Waals surface area contributed by atoms with E-state index >= 15 is 0 Å². The van der Waals surface area contributed by atoms with Crippen LogP contribution in [0.5, 0.6) is 5.75 Å². The maximum absolute atomic E-state index is 12.2. The number of aryl methyl sites for hydroxylation is 2. The average Bonchev–Trinajstić information content (AvgIpc) is 3.06. The highest BCUT2D eigenvalue weighted by Gasteiger charge is 2.07. The molecule has 0 N–H and O–H groups in total. The van der Waals surface area contributed by atoms with Crippen LogP contribution < -0.4 is 10.3 Å². The highest BCUT2D eigenvalue weighted by atomic mass is 16.5. The lowest BCUT2D eigenvalue weighted by Crippen LogP contribution is -2.16. The number of hydrogen-bond donors (Lipinski definition) is 0. The summed E-state index contributed by atoms with van der Waals surface area (Å²) in [6.45, 7) is 3.91. The minimum atomic E-state index is -0.128. The fourth-order valence-corrected chi connectivity index (χ4v) is 2.60. The van der Waals surface area contributed by atoms with Crippen molar-refractivity contribution in [2.45, 2.75) is 20.5 Å². The summed E-state index contributed by atoms with van der Waals surface area (Å²) in [5.74, 6) is 1.72. The summed E-state index contributed by atoms with van der Waals surface area (Å²) in [5, 5.41) is 3.88. The molecule has 0 saturated carbocycles. The summed E-state index contributed by atoms with van der Waals surface area (Å²) < 4.78 is 12.2. The fraction of sp³-hybridized carbons (Fsp3) is 0.158. The number of nitrogens with zero attached hydrogens (tertiary/aromatic N) is 4. The van der Waals surface area contributed by atoms with E-state index in [0.29, 0.717) is 28.8 Å². The van der Waals surface area contributed by atoms with Crippen molar-refractivity contribution in [3.8, 4) is 17.1 Å². The van der Waals surface area contributed by atoms with Crippen LogP contribution in [0, 0.1) is 13.8 Å². The molecule has 7 nitrogen and oxygen atoms in total. The van der Waals surface area contributed by atoms with Crippen LogP contribution in [0.2, 0.25) is 0 Å². The molecule has 0 fully saturated rings. The molecule has 1 aromatic carbocycles. The lowest BCUT2D eigenvalue weighted by Gasteiger charge is -2.07. The molecule has 7 heteroatoms. The Labute approximate surface area is 148 Å². The normalized spacial score (nSPS) is 11.0. The number of aromatic nitrogens is 4. The third kappa shape index (κ3) is 3.19. The molecular weight excluding hydrogens is 332 g/mol. The molecule has 0 atom stereocenters. The summed E-state index contributed by atoms with van der Waals surface area (Å²) >= 11 is 0. The molecule has 4 aromatic rings. The minimum absolute atomic E-state index is 0.128. The maximum atomic E-state index is 12.2. The molecular formula is C19H16N4O3. The fourth-order valence-electron chi connectivity index (χ4n) is 2.60. The topological polar surface area (TPSA) is 82.5 Å². The summed E-state index contributed by atoms with van der Waals surface area (Å²) in [4.78, 5) is 20.8. The van der Waals surface area contributed by atoms with Gasteiger partial charge in [0.05, 0.1) is 5.69 Å². The van der Waals surface area contributed by atoms with Crippen molar-refractivity contribution in [1.82, 2.24) is 19.5 Å². The smallest absolute Gasteiger partial charge is 0.258 e. The zero-order valence-electron chi connectivity index (χ0n) is 14.3. The van der Waals surface area contributed by atoms with Crippen LogP contribution >= 0.6 is 0 Å². The molecule has 0 aliphatic carbocycles. The third-order valence-electron chi connectivity index (χ3n) is 3.90. The van der Waals surface area contributed by atoms with Gasteiger partial charge in [-0.3, -0.25) is 9.20 Å². The average molecular weight is 348 g/mol. The maximum Gasteiger partial charge on any atom is 0.258 e. The molecule has 0 bridgehead atoms. The Hall–Kier alpha value is -3.48. The second-order valence-corrected chi connectivity index (χ2v) is 5.97. The first-order chi connectivity index (χ1) is 12.6. The minimum Gasteiger partial charge on any atom is -0.487 e. The molecule has 0 radical (unpaired) electrons. The van der Waals surface area contributed by atoms with Gasteiger partial charge in [0.1, 0.15) is 18.0 Å². The van der Waals surface area contributed by atoms with Gasteiger partial charge in [-0.1, -0.05) is 5.16 Å². The van der Waals surface area contributed by atoms with Crippen LogP contribution in [0.25, 0.3) is 17.0 Å². The van der Waals surface area contributed by atoms with E-state index in [1.807, 2.05) is 43.3 Å². The van der Waals surface area contributed by atoms with Gasteiger partial charge in [-0.15, -0.1) is 0 Å². The molecule has 0 amide bonds. The van der Waals surface area contributed by atoms with Crippen molar-refractivity contribution in [2.24, 2.45) is 0 Å². The molecule has 26 heavy (non-hydrogen) atoms. The van der Waals surface area contributed by atoms with Crippen molar-refractivity contribution in [3.05, 3.63) is 76.2 Å². The number of ether oxygens (including phenoxy) is 1. The first-order valence-electron chi connectivity index (χ1n) is 8.11.